The number of allylic oxidation sites excluding steroid dienone is 2. The van der Waals surface area contributed by atoms with Crippen LogP contribution in [0.5, 0.6) is 11.5 Å². The summed E-state index contributed by atoms with van der Waals surface area (Å²) in [6, 6.07) is -2.32. The molecule has 16 amide bonds. The Balaban J connectivity index is 0.000000402. The smallest absolute Gasteiger partial charge is 0.326 e. The van der Waals surface area contributed by atoms with Gasteiger partial charge in [0.1, 0.15) is 63.0 Å². The normalized spacial score (nSPS) is 24.6. The highest BCUT2D eigenvalue weighted by Gasteiger charge is 2.81. The van der Waals surface area contributed by atoms with E-state index < -0.39 is 199 Å². The number of amides is 16. The minimum Gasteiger partial charge on any atom is -0.498 e. The van der Waals surface area contributed by atoms with Gasteiger partial charge < -0.3 is 80.2 Å². The molecule has 16 N–H and O–H groups in total. The number of rotatable bonds is 48. The second-order valence-corrected chi connectivity index (χ2v) is 42.7. The lowest BCUT2D eigenvalue weighted by molar-refractivity contribution is -0.0867. The average molecular weight is 2110 g/mol. The number of fused-ring (bicyclic) bond motifs is 2. The third kappa shape index (κ3) is 23.5. The molecule has 13 heterocycles. The Morgan fingerprint density at radius 2 is 0.465 bits per heavy atom. The number of hydrogen-bond acceptors (Lipinski definition) is 36. The number of unbranched alkanes of at least 4 members (excludes halogenated alkanes) is 4. The lowest BCUT2D eigenvalue weighted by atomic mass is 9.93. The van der Waals surface area contributed by atoms with E-state index in [9.17, 15) is 51.9 Å². The monoisotopic (exact) mass is 2110 g/mol. The predicted molar refractivity (Wildman–Crippen MR) is 494 cm³/mol. The summed E-state index contributed by atoms with van der Waals surface area (Å²) >= 11 is 0. The fraction of sp³-hybridized carbons (Fsp3) is 0.780. The van der Waals surface area contributed by atoms with Crippen LogP contribution >= 0.6 is 0 Å². The van der Waals surface area contributed by atoms with Crippen molar-refractivity contribution in [1.29, 1.82) is 0 Å². The summed E-state index contributed by atoms with van der Waals surface area (Å²) < 4.78 is 155. The number of carbonyl (C=O) groups is 8. The minimum atomic E-state index is -4.28. The lowest BCUT2D eigenvalue weighted by Crippen LogP contribution is -2.69. The van der Waals surface area contributed by atoms with Gasteiger partial charge in [-0.1, -0.05) is 0 Å². The second-order valence-electron chi connectivity index (χ2n) is 36.4. The highest BCUT2D eigenvalue weighted by molar-refractivity contribution is 7.86. The topological polar surface area (TPSA) is 699 Å². The molecular formula is C82H138N20O36S4. The second kappa shape index (κ2) is 48.1. The predicted octanol–water partition coefficient (Wildman–Crippen LogP) is -5.60. The van der Waals surface area contributed by atoms with Gasteiger partial charge in [0.15, 0.2) is 47.3 Å². The molecule has 142 heavy (non-hydrogen) atoms. The van der Waals surface area contributed by atoms with Crippen molar-refractivity contribution in [1.82, 2.24) is 98.0 Å². The Kier molecular flexibility index (Phi) is 38.4. The molecule has 0 saturated carbocycles. The summed E-state index contributed by atoms with van der Waals surface area (Å²) in [4.78, 5) is 155. The van der Waals surface area contributed by atoms with Gasteiger partial charge in [0.05, 0.1) is 155 Å². The zero-order chi connectivity index (χ0) is 104. The van der Waals surface area contributed by atoms with Crippen LogP contribution in [0.3, 0.4) is 0 Å². The van der Waals surface area contributed by atoms with E-state index in [1.54, 1.807) is 59.4 Å². The van der Waals surface area contributed by atoms with Crippen molar-refractivity contribution in [3.8, 4) is 11.5 Å². The molecule has 806 valence electrons. The molecule has 0 aromatic heterocycles. The number of aliphatic hydroxyl groups is 12. The summed E-state index contributed by atoms with van der Waals surface area (Å²) in [5, 5.41) is 102. The van der Waals surface area contributed by atoms with Gasteiger partial charge >= 0.3 is 48.2 Å². The Hall–Kier alpha value is -8.94. The summed E-state index contributed by atoms with van der Waals surface area (Å²) in [5.74, 6) is -0.729. The number of ether oxygens (including phenoxy) is 4. The van der Waals surface area contributed by atoms with Gasteiger partial charge in [0.25, 0.3) is 40.5 Å². The number of carbonyl (C=O) groups excluding carboxylic acids is 8. The van der Waals surface area contributed by atoms with E-state index in [1.807, 2.05) is 0 Å². The van der Waals surface area contributed by atoms with E-state index in [-0.39, 0.29) is 208 Å². The highest BCUT2D eigenvalue weighted by Crippen LogP contribution is 2.60. The molecule has 15 rings (SSSR count). The number of urea groups is 8. The Bertz CT molecular complexity index is 4780. The van der Waals surface area contributed by atoms with Crippen molar-refractivity contribution in [2.75, 3.05) is 260 Å². The number of nitrogens with zero attached hydrogens (tertiary/aromatic N) is 20. The maximum Gasteiger partial charge on any atom is 0.326 e. The van der Waals surface area contributed by atoms with Gasteiger partial charge in [-0.25, -0.2) is 38.4 Å². The van der Waals surface area contributed by atoms with Crippen LogP contribution in [0.2, 0.25) is 0 Å². The Labute approximate surface area is 823 Å². The van der Waals surface area contributed by atoms with Gasteiger partial charge in [-0.3, -0.25) is 116 Å². The summed E-state index contributed by atoms with van der Waals surface area (Å²) in [6.45, 7) is 9.64. The molecule has 0 bridgehead atoms. The van der Waals surface area contributed by atoms with Crippen LogP contribution < -0.4 is 9.47 Å². The molecular weight excluding hydrogens is 1970 g/mol. The molecule has 12 saturated heterocycles. The van der Waals surface area contributed by atoms with Crippen LogP contribution in [0, 0.1) is 0 Å². The van der Waals surface area contributed by atoms with E-state index in [0.717, 1.165) is 0 Å². The SMILES string of the molecule is CC12N3CC4=C(OCCCCS(=O)(=O)O)CCC(OCCCCS(=O)(=O)O)=C4CN1C(=O)N1CN4C(=O)N5CN6C(=O)N7CN8C(=O)N9Cc%10c(OCCCCS(=O)(=O)O)ccc(OCCCCS(=O)(=O)O)c%10CN%10C(=O)N(CN%11C(=O)N(CN%12C(=O)N(CN(C3=O)C12C)C4C%125)C6C%117)C8(C)C%109C.OCCN(CCO)CCO.OCCN(CCO)CCO.OCCN(CCO)CCO.OCCN(CCO)CCO. The summed E-state index contributed by atoms with van der Waals surface area (Å²) in [5.41, 5.74) is -4.83. The fourth-order valence-electron chi connectivity index (χ4n) is 20.8. The zero-order valence-corrected chi connectivity index (χ0v) is 83.4. The van der Waals surface area contributed by atoms with Crippen molar-refractivity contribution in [3.63, 3.8) is 0 Å². The maximum atomic E-state index is 15.7. The first-order valence-electron chi connectivity index (χ1n) is 47.1. The van der Waals surface area contributed by atoms with Gasteiger partial charge in [-0.15, -0.1) is 0 Å². The van der Waals surface area contributed by atoms with Crippen LogP contribution in [0.1, 0.15) is 103 Å². The minimum absolute atomic E-state index is 0.0108. The average Bonchev–Trinajstić information content (AvgIpc) is 1.49. The molecule has 0 atom stereocenters. The van der Waals surface area contributed by atoms with Crippen molar-refractivity contribution in [3.05, 3.63) is 45.9 Å². The number of aliphatic hydroxyl groups excluding tert-OH is 12. The van der Waals surface area contributed by atoms with Crippen molar-refractivity contribution >= 4 is 88.7 Å². The maximum absolute atomic E-state index is 15.7. The number of benzene rings is 1. The molecule has 0 spiro atoms. The molecule has 12 fully saturated rings. The third-order valence-electron chi connectivity index (χ3n) is 28.2. The Morgan fingerprint density at radius 1 is 0.275 bits per heavy atom. The zero-order valence-electron chi connectivity index (χ0n) is 80.1. The largest absolute Gasteiger partial charge is 0.498 e. The molecule has 1 aromatic carbocycles. The lowest BCUT2D eigenvalue weighted by Gasteiger charge is -2.49. The van der Waals surface area contributed by atoms with E-state index in [4.69, 9.17) is 80.2 Å². The van der Waals surface area contributed by atoms with E-state index in [2.05, 4.69) is 0 Å². The van der Waals surface area contributed by atoms with Crippen LogP contribution in [-0.2, 0) is 63.0 Å². The van der Waals surface area contributed by atoms with E-state index in [1.165, 1.54) is 78.4 Å². The molecule has 60 heteroatoms. The van der Waals surface area contributed by atoms with Gasteiger partial charge in [-0.2, -0.15) is 33.7 Å². The quantitative estimate of drug-likeness (QED) is 0.0214. The number of hydrogen-bond donors (Lipinski definition) is 16. The van der Waals surface area contributed by atoms with Crippen molar-refractivity contribution in [2.24, 2.45) is 0 Å². The molecule has 56 nitrogen and oxygen atoms in total. The Morgan fingerprint density at radius 3 is 0.669 bits per heavy atom. The van der Waals surface area contributed by atoms with Crippen molar-refractivity contribution in [2.45, 2.75) is 152 Å². The first kappa shape index (κ1) is 113. The molecule has 1 aliphatic carbocycles. The molecule has 1 aromatic rings. The van der Waals surface area contributed by atoms with Gasteiger partial charge in [0.2, 0.25) is 0 Å². The summed E-state index contributed by atoms with van der Waals surface area (Å²) in [6.07, 6.45) is -3.60. The first-order chi connectivity index (χ1) is 67.3. The van der Waals surface area contributed by atoms with Crippen LogP contribution in [0.25, 0.3) is 0 Å². The van der Waals surface area contributed by atoms with Gasteiger partial charge in [0, 0.05) is 114 Å². The van der Waals surface area contributed by atoms with Crippen LogP contribution in [0.4, 0.5) is 38.4 Å². The van der Waals surface area contributed by atoms with Crippen molar-refractivity contribution < 1.29 is 170 Å². The molecule has 13 aliphatic heterocycles. The molecule has 0 radical (unpaired) electrons. The summed E-state index contributed by atoms with van der Waals surface area (Å²) in [7, 11) is -17.1. The van der Waals surface area contributed by atoms with Crippen LogP contribution in [-0.4, -0.2) is 567 Å². The fourth-order valence-corrected chi connectivity index (χ4v) is 23.1. The van der Waals surface area contributed by atoms with E-state index >= 15 is 38.4 Å². The molecule has 14 aliphatic rings. The van der Waals surface area contributed by atoms with Gasteiger partial charge in [-0.05, 0) is 91.2 Å². The first-order valence-corrected chi connectivity index (χ1v) is 53.5. The molecule has 0 unspecified atom stereocenters. The van der Waals surface area contributed by atoms with Crippen LogP contribution in [0.15, 0.2) is 34.8 Å². The van der Waals surface area contributed by atoms with E-state index in [0.29, 0.717) is 112 Å². The standard InChI is InChI=1S/C58H78N16O24S4.4C6H15NO3/c1-55-57(3)71-31-63-45-43-59(47(63)75)29-61-44-46-65(49(61)77)33-73-53(81)69-27-37-38(42(98-20-8-12-24-102(92,93)94)16-15-41(37)97-19-7-11-23-101(89,90)91)28-70-54(82)74(58(73,4)56(69,70)2)34-66(46)50(78)62(44)30-60(43)48(76)64(45)32-72(57)52(80)68(55)26-36-35(25-67(55)51(71)79)39(95-17-5-9-21-99(83,84)85)13-14-40(36)96-18-6-10-22-100(86,87)88;4*8-4-1-7(2-5-9)3-6-10/h13-14,43-46H,5-12,15-34H2,1-4H3,(H,83,84,85)(H,86,87,88)(H,89,90,91)(H,92,93,94);4*8-10H,1-6H2. The highest BCUT2D eigenvalue weighted by atomic mass is 32.2. The third-order valence-corrected chi connectivity index (χ3v) is 31.4.